The molecule has 2 aromatic carbocycles. The third-order valence-corrected chi connectivity index (χ3v) is 11.6. The van der Waals surface area contributed by atoms with E-state index in [1.54, 1.807) is 18.8 Å². The van der Waals surface area contributed by atoms with Crippen molar-refractivity contribution in [1.82, 2.24) is 9.55 Å². The molecule has 2 heterocycles. The molecule has 0 radical (unpaired) electrons. The lowest BCUT2D eigenvalue weighted by molar-refractivity contribution is 0.0995. The number of hydrogen-bond donors (Lipinski definition) is 1. The normalized spacial score (nSPS) is 13.1. The Kier molecular flexibility index (Phi) is 7.89. The van der Waals surface area contributed by atoms with Gasteiger partial charge in [-0.3, -0.25) is 4.79 Å². The van der Waals surface area contributed by atoms with E-state index in [0.29, 0.717) is 13.2 Å². The maximum atomic E-state index is 11.5. The first-order valence-corrected chi connectivity index (χ1v) is 15.6. The summed E-state index contributed by atoms with van der Waals surface area (Å²) in [6.45, 7) is 12.4. The molecule has 0 bridgehead atoms. The molecule has 0 spiro atoms. The molecule has 0 aliphatic rings. The van der Waals surface area contributed by atoms with Gasteiger partial charge >= 0.3 is 0 Å². The van der Waals surface area contributed by atoms with E-state index in [1.807, 2.05) is 47.0 Å². The van der Waals surface area contributed by atoms with Gasteiger partial charge in [-0.2, -0.15) is 0 Å². The topological polar surface area (TPSA) is 92.5 Å². The Bertz CT molecular complexity index is 1350. The van der Waals surface area contributed by atoms with Gasteiger partial charge in [0.2, 0.25) is 0 Å². The SMILES string of the molecule is CC(C)(C)[Si](C)(C)O[C@@H](CCCOc1cccc(-c2occ3ccccc23)c1)Cn1cnc(C(N)=O)c1. The van der Waals surface area contributed by atoms with Gasteiger partial charge in [0.15, 0.2) is 8.32 Å². The van der Waals surface area contributed by atoms with Crippen LogP contribution in [0.5, 0.6) is 5.75 Å². The standard InChI is InChI=1S/C29H37N3O4Si/c1-29(2,3)37(4,5)36-24(17-32-18-26(28(30)33)31-20-32)13-9-15-34-23-12-8-11-21(16-23)27-25-14-7-6-10-22(25)19-35-27/h6-8,10-12,14,16,18-20,24H,9,13,15,17H2,1-5H3,(H2,30,33)/t24-/m0/s1. The van der Waals surface area contributed by atoms with Gasteiger partial charge in [-0.25, -0.2) is 4.98 Å². The van der Waals surface area contributed by atoms with Crippen molar-refractivity contribution < 1.29 is 18.4 Å². The molecule has 2 N–H and O–H groups in total. The Morgan fingerprint density at radius 3 is 2.68 bits per heavy atom. The van der Waals surface area contributed by atoms with Crippen LogP contribution in [0.25, 0.3) is 22.1 Å². The van der Waals surface area contributed by atoms with Crippen molar-refractivity contribution in [2.45, 2.75) is 64.4 Å². The number of fused-ring (bicyclic) bond motifs is 1. The Balaban J connectivity index is 1.39. The number of benzene rings is 2. The van der Waals surface area contributed by atoms with Gasteiger partial charge in [0.25, 0.3) is 5.91 Å². The van der Waals surface area contributed by atoms with E-state index < -0.39 is 14.2 Å². The fraction of sp³-hybridized carbons (Fsp3) is 0.379. The summed E-state index contributed by atoms with van der Waals surface area (Å²) < 4.78 is 20.6. The minimum atomic E-state index is -2.00. The molecule has 8 heteroatoms. The van der Waals surface area contributed by atoms with Crippen LogP contribution < -0.4 is 10.5 Å². The number of aromatic nitrogens is 2. The number of hydrogen-bond acceptors (Lipinski definition) is 5. The number of rotatable bonds is 11. The van der Waals surface area contributed by atoms with E-state index in [-0.39, 0.29) is 16.8 Å². The number of ether oxygens (including phenoxy) is 1. The van der Waals surface area contributed by atoms with Gasteiger partial charge < -0.3 is 23.9 Å². The van der Waals surface area contributed by atoms with Crippen molar-refractivity contribution in [3.8, 4) is 17.1 Å². The van der Waals surface area contributed by atoms with Crippen LogP contribution >= 0.6 is 0 Å². The maximum absolute atomic E-state index is 11.5. The van der Waals surface area contributed by atoms with Crippen LogP contribution in [0.15, 0.2) is 71.7 Å². The predicted molar refractivity (Wildman–Crippen MR) is 149 cm³/mol. The monoisotopic (exact) mass is 519 g/mol. The largest absolute Gasteiger partial charge is 0.494 e. The zero-order chi connectivity index (χ0) is 26.6. The van der Waals surface area contributed by atoms with Crippen LogP contribution in [0.2, 0.25) is 18.1 Å². The van der Waals surface area contributed by atoms with Crippen LogP contribution in [0.4, 0.5) is 0 Å². The lowest BCUT2D eigenvalue weighted by Crippen LogP contribution is -2.45. The molecule has 0 saturated carbocycles. The highest BCUT2D eigenvalue weighted by Crippen LogP contribution is 2.38. The fourth-order valence-electron chi connectivity index (χ4n) is 4.05. The lowest BCUT2D eigenvalue weighted by Gasteiger charge is -2.39. The highest BCUT2D eigenvalue weighted by atomic mass is 28.4. The first kappa shape index (κ1) is 26.7. The summed E-state index contributed by atoms with van der Waals surface area (Å²) in [4.78, 5) is 15.6. The Morgan fingerprint density at radius 2 is 1.95 bits per heavy atom. The molecule has 0 aliphatic carbocycles. The number of nitrogens with zero attached hydrogens (tertiary/aromatic N) is 2. The van der Waals surface area contributed by atoms with Crippen LogP contribution in [0, 0.1) is 0 Å². The summed E-state index contributed by atoms with van der Waals surface area (Å²) in [5.41, 5.74) is 6.63. The summed E-state index contributed by atoms with van der Waals surface area (Å²) in [7, 11) is -2.00. The second-order valence-corrected chi connectivity index (χ2v) is 15.7. The van der Waals surface area contributed by atoms with E-state index >= 15 is 0 Å². The van der Waals surface area contributed by atoms with Crippen molar-refractivity contribution in [2.75, 3.05) is 6.61 Å². The number of nitrogens with two attached hydrogens (primary N) is 1. The number of carbonyl (C=O) groups is 1. The lowest BCUT2D eigenvalue weighted by atomic mass is 10.1. The Labute approximate surface area is 219 Å². The van der Waals surface area contributed by atoms with Gasteiger partial charge in [-0.15, -0.1) is 0 Å². The second kappa shape index (κ2) is 10.9. The van der Waals surface area contributed by atoms with Crippen molar-refractivity contribution in [1.29, 1.82) is 0 Å². The first-order valence-electron chi connectivity index (χ1n) is 12.7. The van der Waals surface area contributed by atoms with Crippen molar-refractivity contribution in [2.24, 2.45) is 5.73 Å². The molecule has 1 atom stereocenters. The molecule has 0 saturated heterocycles. The summed E-state index contributed by atoms with van der Waals surface area (Å²) in [6, 6.07) is 16.1. The number of amides is 1. The van der Waals surface area contributed by atoms with Gasteiger partial charge in [0, 0.05) is 29.1 Å². The van der Waals surface area contributed by atoms with Gasteiger partial charge in [0.05, 0.1) is 25.3 Å². The van der Waals surface area contributed by atoms with Crippen molar-refractivity contribution in [3.63, 3.8) is 0 Å². The zero-order valence-corrected chi connectivity index (χ0v) is 23.4. The molecule has 4 rings (SSSR count). The minimum absolute atomic E-state index is 0.0276. The number of imidazole rings is 1. The highest BCUT2D eigenvalue weighted by molar-refractivity contribution is 6.74. The zero-order valence-electron chi connectivity index (χ0n) is 22.4. The fourth-order valence-corrected chi connectivity index (χ4v) is 5.43. The molecule has 0 fully saturated rings. The highest BCUT2D eigenvalue weighted by Gasteiger charge is 2.39. The van der Waals surface area contributed by atoms with E-state index in [9.17, 15) is 4.79 Å². The molecule has 2 aromatic heterocycles. The summed E-state index contributed by atoms with van der Waals surface area (Å²) in [5, 5.41) is 2.26. The Hall–Kier alpha value is -3.36. The molecular formula is C29H37N3O4Si. The van der Waals surface area contributed by atoms with E-state index in [2.05, 4.69) is 44.9 Å². The third-order valence-electron chi connectivity index (χ3n) is 7.11. The van der Waals surface area contributed by atoms with Crippen LogP contribution in [-0.4, -0.2) is 36.5 Å². The first-order chi connectivity index (χ1) is 17.5. The average Bonchev–Trinajstić information content (AvgIpc) is 3.48. The molecule has 4 aromatic rings. The number of primary amides is 1. The number of carbonyl (C=O) groups excluding carboxylic acids is 1. The van der Waals surface area contributed by atoms with Gasteiger partial charge in [0.1, 0.15) is 17.2 Å². The minimum Gasteiger partial charge on any atom is -0.494 e. The maximum Gasteiger partial charge on any atom is 0.268 e. The summed E-state index contributed by atoms with van der Waals surface area (Å²) in [6.07, 6.45) is 6.73. The molecule has 0 unspecified atom stereocenters. The third kappa shape index (κ3) is 6.50. The summed E-state index contributed by atoms with van der Waals surface area (Å²) >= 11 is 0. The quantitative estimate of drug-likeness (QED) is 0.177. The van der Waals surface area contributed by atoms with E-state index in [4.69, 9.17) is 19.3 Å². The van der Waals surface area contributed by atoms with Crippen molar-refractivity contribution >= 4 is 25.0 Å². The second-order valence-electron chi connectivity index (χ2n) is 11.0. The predicted octanol–water partition coefficient (Wildman–Crippen LogP) is 6.64. The van der Waals surface area contributed by atoms with E-state index in [0.717, 1.165) is 40.7 Å². The van der Waals surface area contributed by atoms with Gasteiger partial charge in [-0.1, -0.05) is 57.2 Å². The van der Waals surface area contributed by atoms with Gasteiger partial charge in [-0.05, 0) is 43.1 Å². The van der Waals surface area contributed by atoms with Crippen LogP contribution in [-0.2, 0) is 11.0 Å². The smallest absolute Gasteiger partial charge is 0.268 e. The molecule has 196 valence electrons. The molecule has 37 heavy (non-hydrogen) atoms. The van der Waals surface area contributed by atoms with Crippen LogP contribution in [0.3, 0.4) is 0 Å². The van der Waals surface area contributed by atoms with E-state index in [1.165, 1.54) is 0 Å². The summed E-state index contributed by atoms with van der Waals surface area (Å²) in [5.74, 6) is 1.12. The molecule has 7 nitrogen and oxygen atoms in total. The molecule has 1 amide bonds. The number of furan rings is 1. The average molecular weight is 520 g/mol. The Morgan fingerprint density at radius 1 is 1.16 bits per heavy atom. The van der Waals surface area contributed by atoms with Crippen LogP contribution in [0.1, 0.15) is 44.1 Å². The molecule has 0 aliphatic heterocycles. The van der Waals surface area contributed by atoms with Crippen molar-refractivity contribution in [3.05, 3.63) is 73.0 Å². The molecular weight excluding hydrogens is 482 g/mol.